The molecule has 2 atom stereocenters. The van der Waals surface area contributed by atoms with E-state index in [1.165, 1.54) is 11.3 Å². The van der Waals surface area contributed by atoms with Crippen LogP contribution in [-0.4, -0.2) is 12.0 Å². The normalized spacial score (nSPS) is 13.0. The number of halogens is 2. The Labute approximate surface area is 148 Å². The van der Waals surface area contributed by atoms with Crippen LogP contribution in [0, 0.1) is 18.3 Å². The molecule has 0 aliphatic carbocycles. The Hall–Kier alpha value is -1.74. The first-order chi connectivity index (χ1) is 10.9. The Kier molecular flexibility index (Phi) is 5.89. The standard InChI is InChI=1S/C16H14Cl2N2O2S/c1-9-12(17)3-4-14(15(9)18)22-10(2)16(21)20-13(7-19)11-5-6-23-8-11/h3-6,8,10,13H,1-2H3,(H,20,21). The minimum atomic E-state index is -0.803. The summed E-state index contributed by atoms with van der Waals surface area (Å²) in [4.78, 5) is 12.2. The molecule has 0 bridgehead atoms. The number of hydrogen-bond donors (Lipinski definition) is 1. The highest BCUT2D eigenvalue weighted by Crippen LogP contribution is 2.33. The highest BCUT2D eigenvalue weighted by atomic mass is 35.5. The molecule has 0 saturated heterocycles. The van der Waals surface area contributed by atoms with Crippen molar-refractivity contribution in [1.29, 1.82) is 5.26 Å². The smallest absolute Gasteiger partial charge is 0.262 e. The third-order valence-electron chi connectivity index (χ3n) is 3.25. The van der Waals surface area contributed by atoms with Gasteiger partial charge < -0.3 is 10.1 Å². The Balaban J connectivity index is 2.06. The van der Waals surface area contributed by atoms with Crippen LogP contribution in [-0.2, 0) is 4.79 Å². The number of carbonyl (C=O) groups excluding carboxylic acids is 1. The van der Waals surface area contributed by atoms with Crippen molar-refractivity contribution in [3.05, 3.63) is 50.1 Å². The van der Waals surface area contributed by atoms with Crippen LogP contribution in [0.1, 0.15) is 24.1 Å². The number of thiophene rings is 1. The van der Waals surface area contributed by atoms with E-state index in [0.717, 1.165) is 5.56 Å². The molecule has 0 saturated carbocycles. The number of amides is 1. The van der Waals surface area contributed by atoms with Crippen LogP contribution in [0.4, 0.5) is 0 Å². The average Bonchev–Trinajstić information content (AvgIpc) is 3.07. The summed E-state index contributed by atoms with van der Waals surface area (Å²) in [6.45, 7) is 3.36. The van der Waals surface area contributed by atoms with Crippen molar-refractivity contribution in [3.63, 3.8) is 0 Å². The molecular formula is C16H14Cl2N2O2S. The number of nitriles is 1. The lowest BCUT2D eigenvalue weighted by Gasteiger charge is -2.18. The summed E-state index contributed by atoms with van der Waals surface area (Å²) >= 11 is 13.6. The molecular weight excluding hydrogens is 355 g/mol. The first kappa shape index (κ1) is 17.6. The van der Waals surface area contributed by atoms with E-state index in [-0.39, 0.29) is 0 Å². The van der Waals surface area contributed by atoms with Crippen molar-refractivity contribution >= 4 is 40.4 Å². The van der Waals surface area contributed by atoms with Crippen molar-refractivity contribution in [2.75, 3.05) is 0 Å². The van der Waals surface area contributed by atoms with Crippen LogP contribution in [0.3, 0.4) is 0 Å². The second kappa shape index (κ2) is 7.69. The van der Waals surface area contributed by atoms with Crippen molar-refractivity contribution < 1.29 is 9.53 Å². The van der Waals surface area contributed by atoms with Gasteiger partial charge in [0, 0.05) is 5.02 Å². The zero-order valence-electron chi connectivity index (χ0n) is 12.5. The molecule has 0 aliphatic heterocycles. The number of carbonyl (C=O) groups is 1. The maximum atomic E-state index is 12.2. The van der Waals surface area contributed by atoms with Crippen LogP contribution in [0.15, 0.2) is 29.0 Å². The van der Waals surface area contributed by atoms with E-state index < -0.39 is 18.1 Å². The fraction of sp³-hybridized carbons (Fsp3) is 0.250. The molecule has 1 aromatic heterocycles. The summed E-state index contributed by atoms with van der Waals surface area (Å²) in [5.41, 5.74) is 1.44. The lowest BCUT2D eigenvalue weighted by atomic mass is 10.1. The second-order valence-corrected chi connectivity index (χ2v) is 6.44. The van der Waals surface area contributed by atoms with Gasteiger partial charge in [-0.25, -0.2) is 0 Å². The van der Waals surface area contributed by atoms with Gasteiger partial charge in [0.25, 0.3) is 5.91 Å². The fourth-order valence-electron chi connectivity index (χ4n) is 1.86. The molecule has 2 aromatic rings. The number of ether oxygens (including phenoxy) is 1. The minimum absolute atomic E-state index is 0.367. The van der Waals surface area contributed by atoms with Crippen LogP contribution >= 0.6 is 34.5 Å². The molecule has 2 unspecified atom stereocenters. The number of benzene rings is 1. The van der Waals surface area contributed by atoms with Crippen molar-refractivity contribution in [3.8, 4) is 11.8 Å². The first-order valence-electron chi connectivity index (χ1n) is 6.77. The van der Waals surface area contributed by atoms with Gasteiger partial charge in [0.2, 0.25) is 0 Å². The predicted octanol–water partition coefficient (Wildman–Crippen LogP) is 4.51. The first-order valence-corrected chi connectivity index (χ1v) is 8.47. The summed E-state index contributed by atoms with van der Waals surface area (Å²) in [5, 5.41) is 16.4. The zero-order valence-corrected chi connectivity index (χ0v) is 14.8. The van der Waals surface area contributed by atoms with Gasteiger partial charge in [0.1, 0.15) is 11.8 Å². The summed E-state index contributed by atoms with van der Waals surface area (Å²) in [6, 6.07) is 6.42. The highest BCUT2D eigenvalue weighted by molar-refractivity contribution is 7.08. The van der Waals surface area contributed by atoms with E-state index in [2.05, 4.69) is 11.4 Å². The van der Waals surface area contributed by atoms with Gasteiger partial charge >= 0.3 is 0 Å². The molecule has 0 spiro atoms. The second-order valence-electron chi connectivity index (χ2n) is 4.87. The van der Waals surface area contributed by atoms with Gasteiger partial charge in [0.15, 0.2) is 6.10 Å². The lowest BCUT2D eigenvalue weighted by molar-refractivity contribution is -0.127. The maximum absolute atomic E-state index is 12.2. The van der Waals surface area contributed by atoms with Crippen molar-refractivity contribution in [2.24, 2.45) is 0 Å². The molecule has 0 fully saturated rings. The van der Waals surface area contributed by atoms with Gasteiger partial charge in [-0.1, -0.05) is 23.2 Å². The molecule has 2 rings (SSSR count). The van der Waals surface area contributed by atoms with Gasteiger partial charge in [-0.2, -0.15) is 16.6 Å². The summed E-state index contributed by atoms with van der Waals surface area (Å²) in [5.74, 6) is -0.0216. The SMILES string of the molecule is Cc1c(Cl)ccc(OC(C)C(=O)NC(C#N)c2ccsc2)c1Cl. The van der Waals surface area contributed by atoms with E-state index in [9.17, 15) is 10.1 Å². The van der Waals surface area contributed by atoms with Crippen LogP contribution in [0.25, 0.3) is 0 Å². The number of rotatable bonds is 5. The van der Waals surface area contributed by atoms with Crippen LogP contribution in [0.2, 0.25) is 10.0 Å². The average molecular weight is 369 g/mol. The van der Waals surface area contributed by atoms with Crippen LogP contribution in [0.5, 0.6) is 5.75 Å². The molecule has 23 heavy (non-hydrogen) atoms. The monoisotopic (exact) mass is 368 g/mol. The van der Waals surface area contributed by atoms with Crippen molar-refractivity contribution in [1.82, 2.24) is 5.32 Å². The van der Waals surface area contributed by atoms with Gasteiger partial charge in [-0.05, 0) is 53.9 Å². The fourth-order valence-corrected chi connectivity index (χ4v) is 2.96. The maximum Gasteiger partial charge on any atom is 0.262 e. The topological polar surface area (TPSA) is 62.1 Å². The molecule has 0 radical (unpaired) electrons. The molecule has 1 N–H and O–H groups in total. The third kappa shape index (κ3) is 4.17. The van der Waals surface area contributed by atoms with Crippen LogP contribution < -0.4 is 10.1 Å². The van der Waals surface area contributed by atoms with Gasteiger partial charge in [-0.15, -0.1) is 0 Å². The van der Waals surface area contributed by atoms with Crippen molar-refractivity contribution in [2.45, 2.75) is 26.0 Å². The number of nitrogens with one attached hydrogen (secondary N) is 1. The highest BCUT2D eigenvalue weighted by Gasteiger charge is 2.21. The van der Waals surface area contributed by atoms with Gasteiger partial charge in [-0.3, -0.25) is 4.79 Å². The van der Waals surface area contributed by atoms with E-state index in [4.69, 9.17) is 27.9 Å². The molecule has 1 amide bonds. The van der Waals surface area contributed by atoms with E-state index in [1.807, 2.05) is 10.8 Å². The van der Waals surface area contributed by atoms with Gasteiger partial charge in [0.05, 0.1) is 11.1 Å². The lowest BCUT2D eigenvalue weighted by Crippen LogP contribution is -2.38. The molecule has 4 nitrogen and oxygen atoms in total. The predicted molar refractivity (Wildman–Crippen MR) is 92.1 cm³/mol. The van der Waals surface area contributed by atoms with E-state index in [0.29, 0.717) is 21.4 Å². The number of hydrogen-bond acceptors (Lipinski definition) is 4. The minimum Gasteiger partial charge on any atom is -0.479 e. The number of nitrogens with zero attached hydrogens (tertiary/aromatic N) is 1. The molecule has 7 heteroatoms. The third-order valence-corrected chi connectivity index (χ3v) is 4.83. The Morgan fingerprint density at radius 1 is 1.39 bits per heavy atom. The Morgan fingerprint density at radius 2 is 2.13 bits per heavy atom. The van der Waals surface area contributed by atoms with E-state index >= 15 is 0 Å². The Morgan fingerprint density at radius 3 is 2.74 bits per heavy atom. The zero-order chi connectivity index (χ0) is 17.0. The quantitative estimate of drug-likeness (QED) is 0.843. The summed E-state index contributed by atoms with van der Waals surface area (Å²) < 4.78 is 5.60. The Bertz CT molecular complexity index is 741. The molecule has 0 aliphatic rings. The largest absolute Gasteiger partial charge is 0.479 e. The summed E-state index contributed by atoms with van der Waals surface area (Å²) in [7, 11) is 0. The molecule has 120 valence electrons. The molecule has 1 heterocycles. The molecule has 1 aromatic carbocycles. The summed E-state index contributed by atoms with van der Waals surface area (Å²) in [6.07, 6.45) is -0.803. The van der Waals surface area contributed by atoms with E-state index in [1.54, 1.807) is 32.0 Å².